The summed E-state index contributed by atoms with van der Waals surface area (Å²) in [6.07, 6.45) is 1.62. The van der Waals surface area contributed by atoms with Gasteiger partial charge in [0.25, 0.3) is 5.91 Å². The molecule has 0 aliphatic rings. The molecule has 0 bridgehead atoms. The summed E-state index contributed by atoms with van der Waals surface area (Å²) in [5.41, 5.74) is 6.16. The molecule has 3 aromatic rings. The summed E-state index contributed by atoms with van der Waals surface area (Å²) in [5, 5.41) is 11.1. The molecule has 0 saturated carbocycles. The summed E-state index contributed by atoms with van der Waals surface area (Å²) in [4.78, 5) is 12.0. The maximum absolute atomic E-state index is 12.0. The first kappa shape index (κ1) is 19.2. The first-order valence-electron chi connectivity index (χ1n) is 8.80. The van der Waals surface area contributed by atoms with Gasteiger partial charge in [0.2, 0.25) is 0 Å². The fraction of sp³-hybridized carbons (Fsp3) is 0.250. The number of hydrogen-bond donors (Lipinski definition) is 2. The Hall–Kier alpha value is -3.55. The van der Waals surface area contributed by atoms with Crippen LogP contribution >= 0.6 is 0 Å². The van der Waals surface area contributed by atoms with Crippen molar-refractivity contribution in [2.75, 3.05) is 19.0 Å². The van der Waals surface area contributed by atoms with Crippen molar-refractivity contribution < 1.29 is 14.1 Å². The van der Waals surface area contributed by atoms with E-state index in [0.717, 1.165) is 40.0 Å². The van der Waals surface area contributed by atoms with E-state index in [-0.39, 0.29) is 12.5 Å². The first-order valence-corrected chi connectivity index (χ1v) is 8.80. The Morgan fingerprint density at radius 3 is 2.82 bits per heavy atom. The second-order valence-electron chi connectivity index (χ2n) is 6.34. The van der Waals surface area contributed by atoms with Gasteiger partial charge in [-0.05, 0) is 39.0 Å². The Kier molecular flexibility index (Phi) is 5.78. The van der Waals surface area contributed by atoms with Crippen molar-refractivity contribution in [1.82, 2.24) is 15.1 Å². The number of carbonyl (C=O) groups is 1. The third kappa shape index (κ3) is 4.40. The molecule has 0 unspecified atom stereocenters. The largest absolute Gasteiger partial charge is 0.497 e. The number of amides is 1. The van der Waals surface area contributed by atoms with Crippen LogP contribution in [0.15, 0.2) is 46.0 Å². The average molecular weight is 381 g/mol. The van der Waals surface area contributed by atoms with E-state index in [4.69, 9.17) is 9.26 Å². The minimum atomic E-state index is -0.250. The molecule has 8 nitrogen and oxygen atoms in total. The van der Waals surface area contributed by atoms with Gasteiger partial charge in [0, 0.05) is 34.8 Å². The predicted molar refractivity (Wildman–Crippen MR) is 107 cm³/mol. The van der Waals surface area contributed by atoms with Gasteiger partial charge in [-0.25, -0.2) is 5.43 Å². The fourth-order valence-electron chi connectivity index (χ4n) is 2.86. The molecule has 0 spiro atoms. The Balaban J connectivity index is 1.59. The van der Waals surface area contributed by atoms with Crippen molar-refractivity contribution in [3.8, 4) is 11.6 Å². The van der Waals surface area contributed by atoms with E-state index in [2.05, 4.69) is 21.0 Å². The lowest BCUT2D eigenvalue weighted by atomic mass is 10.3. The molecule has 1 aromatic carbocycles. The molecule has 0 fully saturated rings. The Morgan fingerprint density at radius 1 is 1.29 bits per heavy atom. The molecule has 8 heteroatoms. The fourth-order valence-corrected chi connectivity index (χ4v) is 2.86. The summed E-state index contributed by atoms with van der Waals surface area (Å²) in [6.45, 7) is 5.89. The molecule has 2 heterocycles. The van der Waals surface area contributed by atoms with Crippen molar-refractivity contribution in [3.63, 3.8) is 0 Å². The second kappa shape index (κ2) is 8.43. The van der Waals surface area contributed by atoms with Crippen LogP contribution in [0.25, 0.3) is 5.82 Å². The third-order valence-electron chi connectivity index (χ3n) is 4.23. The molecular formula is C20H23N5O3. The normalized spacial score (nSPS) is 11.0. The SMILES string of the molecule is COc1cccc(NCC(=O)N/N=C\c2cc(C)n(-c3cc(C)on3)c2C)c1. The number of hydrazone groups is 1. The van der Waals surface area contributed by atoms with Crippen LogP contribution in [-0.4, -0.2) is 35.5 Å². The number of rotatable bonds is 7. The standard InChI is InChI=1S/C20H23N5O3/c1-13-8-16(15(3)25(13)19-9-14(2)28-24-19)11-22-23-20(26)12-21-17-6-5-7-18(10-17)27-4/h5-11,21H,12H2,1-4H3,(H,23,26)/b22-11-. The smallest absolute Gasteiger partial charge is 0.259 e. The summed E-state index contributed by atoms with van der Waals surface area (Å²) >= 11 is 0. The number of aryl methyl sites for hydroxylation is 2. The number of hydrogen-bond acceptors (Lipinski definition) is 6. The van der Waals surface area contributed by atoms with Gasteiger partial charge in [0.15, 0.2) is 5.82 Å². The molecule has 3 rings (SSSR count). The lowest BCUT2D eigenvalue weighted by molar-refractivity contribution is -0.119. The number of ether oxygens (including phenoxy) is 1. The third-order valence-corrected chi connectivity index (χ3v) is 4.23. The molecule has 0 aliphatic heterocycles. The van der Waals surface area contributed by atoms with E-state index >= 15 is 0 Å². The zero-order valence-corrected chi connectivity index (χ0v) is 16.3. The minimum absolute atomic E-state index is 0.0990. The number of nitrogens with one attached hydrogen (secondary N) is 2. The van der Waals surface area contributed by atoms with Crippen molar-refractivity contribution in [1.29, 1.82) is 0 Å². The van der Waals surface area contributed by atoms with Crippen LogP contribution in [0.1, 0.15) is 22.7 Å². The number of benzene rings is 1. The van der Waals surface area contributed by atoms with Gasteiger partial charge in [-0.2, -0.15) is 5.10 Å². The van der Waals surface area contributed by atoms with E-state index in [1.165, 1.54) is 0 Å². The molecule has 2 aromatic heterocycles. The molecular weight excluding hydrogens is 358 g/mol. The number of carbonyl (C=O) groups excluding carboxylic acids is 1. The van der Waals surface area contributed by atoms with E-state index in [0.29, 0.717) is 0 Å². The lowest BCUT2D eigenvalue weighted by Gasteiger charge is -2.07. The van der Waals surface area contributed by atoms with Crippen molar-refractivity contribution in [3.05, 3.63) is 59.1 Å². The van der Waals surface area contributed by atoms with Crippen molar-refractivity contribution in [2.45, 2.75) is 20.8 Å². The Bertz CT molecular complexity index is 1000. The van der Waals surface area contributed by atoms with Crippen LogP contribution in [0.5, 0.6) is 5.75 Å². The molecule has 28 heavy (non-hydrogen) atoms. The highest BCUT2D eigenvalue weighted by molar-refractivity contribution is 5.85. The first-order chi connectivity index (χ1) is 13.5. The van der Waals surface area contributed by atoms with Gasteiger partial charge < -0.3 is 14.6 Å². The van der Waals surface area contributed by atoms with E-state index in [9.17, 15) is 4.79 Å². The average Bonchev–Trinajstić information content (AvgIpc) is 3.22. The van der Waals surface area contributed by atoms with Crippen LogP contribution in [0, 0.1) is 20.8 Å². The highest BCUT2D eigenvalue weighted by Gasteiger charge is 2.12. The van der Waals surface area contributed by atoms with Crippen LogP contribution in [-0.2, 0) is 4.79 Å². The maximum Gasteiger partial charge on any atom is 0.259 e. The summed E-state index contributed by atoms with van der Waals surface area (Å²) in [5.74, 6) is 1.94. The second-order valence-corrected chi connectivity index (χ2v) is 6.34. The summed E-state index contributed by atoms with van der Waals surface area (Å²) < 4.78 is 12.3. The number of anilines is 1. The monoisotopic (exact) mass is 381 g/mol. The molecule has 0 radical (unpaired) electrons. The molecule has 2 N–H and O–H groups in total. The van der Waals surface area contributed by atoms with Crippen LogP contribution < -0.4 is 15.5 Å². The van der Waals surface area contributed by atoms with E-state index in [1.54, 1.807) is 13.3 Å². The van der Waals surface area contributed by atoms with Gasteiger partial charge >= 0.3 is 0 Å². The molecule has 0 aliphatic carbocycles. The van der Waals surface area contributed by atoms with E-state index in [1.807, 2.05) is 61.7 Å². The summed E-state index contributed by atoms with van der Waals surface area (Å²) in [6, 6.07) is 11.2. The Morgan fingerprint density at radius 2 is 2.11 bits per heavy atom. The quantitative estimate of drug-likeness (QED) is 0.485. The lowest BCUT2D eigenvalue weighted by Crippen LogP contribution is -2.25. The van der Waals surface area contributed by atoms with Gasteiger partial charge in [0.05, 0.1) is 19.9 Å². The topological polar surface area (TPSA) is 93.7 Å². The maximum atomic E-state index is 12.0. The minimum Gasteiger partial charge on any atom is -0.497 e. The van der Waals surface area contributed by atoms with Crippen LogP contribution in [0.2, 0.25) is 0 Å². The van der Waals surface area contributed by atoms with Gasteiger partial charge in [-0.15, -0.1) is 0 Å². The zero-order valence-electron chi connectivity index (χ0n) is 16.3. The van der Waals surface area contributed by atoms with Gasteiger partial charge in [0.1, 0.15) is 11.5 Å². The molecule has 0 saturated heterocycles. The molecule has 146 valence electrons. The highest BCUT2D eigenvalue weighted by atomic mass is 16.5. The number of methoxy groups -OCH3 is 1. The van der Waals surface area contributed by atoms with Crippen LogP contribution in [0.4, 0.5) is 5.69 Å². The summed E-state index contributed by atoms with van der Waals surface area (Å²) in [7, 11) is 1.60. The van der Waals surface area contributed by atoms with Crippen molar-refractivity contribution in [2.24, 2.45) is 5.10 Å². The highest BCUT2D eigenvalue weighted by Crippen LogP contribution is 2.19. The number of nitrogens with zero attached hydrogens (tertiary/aromatic N) is 3. The van der Waals surface area contributed by atoms with E-state index < -0.39 is 0 Å². The van der Waals surface area contributed by atoms with Crippen molar-refractivity contribution >= 4 is 17.8 Å². The predicted octanol–water partition coefficient (Wildman–Crippen LogP) is 2.96. The number of aromatic nitrogens is 2. The van der Waals surface area contributed by atoms with Crippen LogP contribution in [0.3, 0.4) is 0 Å². The van der Waals surface area contributed by atoms with Gasteiger partial charge in [-0.3, -0.25) is 9.36 Å². The Labute approximate surface area is 163 Å². The molecule has 1 amide bonds. The molecule has 0 atom stereocenters. The zero-order chi connectivity index (χ0) is 20.1. The van der Waals surface area contributed by atoms with Gasteiger partial charge in [-0.1, -0.05) is 11.2 Å².